The van der Waals surface area contributed by atoms with Crippen molar-refractivity contribution < 1.29 is 9.59 Å². The van der Waals surface area contributed by atoms with Gasteiger partial charge in [-0.25, -0.2) is 0 Å². The molecule has 0 bridgehead atoms. The maximum absolute atomic E-state index is 12.2. The van der Waals surface area contributed by atoms with Crippen molar-refractivity contribution in [2.45, 2.75) is 27.2 Å². The highest BCUT2D eigenvalue weighted by molar-refractivity contribution is 8.13. The summed E-state index contributed by atoms with van der Waals surface area (Å²) in [5, 5.41) is 0.719. The van der Waals surface area contributed by atoms with Crippen LogP contribution >= 0.6 is 23.4 Å². The maximum atomic E-state index is 12.2. The van der Waals surface area contributed by atoms with Crippen LogP contribution in [0.25, 0.3) is 0 Å². The summed E-state index contributed by atoms with van der Waals surface area (Å²) in [4.78, 5) is 25.0. The SMILES string of the molecule is CC(=O)SCC1CC(=O)N(c2c(C)cc(C)cc2Cl)C1. The summed E-state index contributed by atoms with van der Waals surface area (Å²) in [5.41, 5.74) is 2.92. The average Bonchev–Trinajstić information content (AvgIpc) is 2.67. The molecule has 1 atom stereocenters. The van der Waals surface area contributed by atoms with Gasteiger partial charge in [0.1, 0.15) is 0 Å². The Labute approximate surface area is 128 Å². The molecule has 1 amide bonds. The zero-order valence-corrected chi connectivity index (χ0v) is 13.5. The van der Waals surface area contributed by atoms with E-state index in [0.717, 1.165) is 16.8 Å². The van der Waals surface area contributed by atoms with Crippen LogP contribution in [0.5, 0.6) is 0 Å². The van der Waals surface area contributed by atoms with Crippen molar-refractivity contribution in [1.82, 2.24) is 0 Å². The zero-order valence-electron chi connectivity index (χ0n) is 11.9. The maximum Gasteiger partial charge on any atom is 0.227 e. The van der Waals surface area contributed by atoms with Crippen LogP contribution in [0.15, 0.2) is 12.1 Å². The van der Waals surface area contributed by atoms with Crippen molar-refractivity contribution in [2.24, 2.45) is 5.92 Å². The molecule has 1 aromatic rings. The first kappa shape index (κ1) is 15.4. The number of carbonyl (C=O) groups is 2. The molecule has 2 rings (SSSR count). The minimum absolute atomic E-state index is 0.0907. The number of hydrogen-bond acceptors (Lipinski definition) is 3. The molecule has 5 heteroatoms. The minimum atomic E-state index is 0.0907. The quantitative estimate of drug-likeness (QED) is 0.856. The molecular formula is C15H18ClNO2S. The number of nitrogens with zero attached hydrogens (tertiary/aromatic N) is 1. The lowest BCUT2D eigenvalue weighted by Gasteiger charge is -2.21. The minimum Gasteiger partial charge on any atom is -0.310 e. The van der Waals surface area contributed by atoms with Crippen LogP contribution in [0.1, 0.15) is 24.5 Å². The molecule has 108 valence electrons. The second-order valence-corrected chi connectivity index (χ2v) is 6.89. The van der Waals surface area contributed by atoms with Gasteiger partial charge in [-0.1, -0.05) is 29.4 Å². The van der Waals surface area contributed by atoms with Gasteiger partial charge in [0.05, 0.1) is 10.7 Å². The van der Waals surface area contributed by atoms with Gasteiger partial charge < -0.3 is 4.90 Å². The summed E-state index contributed by atoms with van der Waals surface area (Å²) in [6, 6.07) is 3.92. The molecule has 1 aliphatic heterocycles. The van der Waals surface area contributed by atoms with E-state index in [4.69, 9.17) is 11.6 Å². The van der Waals surface area contributed by atoms with Crippen molar-refractivity contribution >= 4 is 40.1 Å². The van der Waals surface area contributed by atoms with Crippen LogP contribution < -0.4 is 4.90 Å². The van der Waals surface area contributed by atoms with Crippen LogP contribution in [0.3, 0.4) is 0 Å². The highest BCUT2D eigenvalue weighted by Gasteiger charge is 2.32. The first-order chi connectivity index (χ1) is 9.38. The third-order valence-corrected chi connectivity index (χ3v) is 4.73. The number of halogens is 1. The van der Waals surface area contributed by atoms with Crippen molar-refractivity contribution in [3.8, 4) is 0 Å². The monoisotopic (exact) mass is 311 g/mol. The Morgan fingerprint density at radius 3 is 2.75 bits per heavy atom. The lowest BCUT2D eigenvalue weighted by Crippen LogP contribution is -2.26. The van der Waals surface area contributed by atoms with E-state index in [2.05, 4.69) is 0 Å². The van der Waals surface area contributed by atoms with Gasteiger partial charge in [-0.2, -0.15) is 0 Å². The highest BCUT2D eigenvalue weighted by Crippen LogP contribution is 2.35. The molecule has 1 fully saturated rings. The smallest absolute Gasteiger partial charge is 0.227 e. The van der Waals surface area contributed by atoms with Gasteiger partial charge in [0.25, 0.3) is 0 Å². The Kier molecular flexibility index (Phi) is 4.76. The second-order valence-electron chi connectivity index (χ2n) is 5.29. The topological polar surface area (TPSA) is 37.4 Å². The number of thioether (sulfide) groups is 1. The Hall–Kier alpha value is -1.00. The molecule has 1 aliphatic rings. The molecule has 3 nitrogen and oxygen atoms in total. The normalized spacial score (nSPS) is 18.7. The Morgan fingerprint density at radius 2 is 2.15 bits per heavy atom. The average molecular weight is 312 g/mol. The number of anilines is 1. The molecule has 1 saturated heterocycles. The van der Waals surface area contributed by atoms with E-state index in [1.54, 1.807) is 11.8 Å². The Balaban J connectivity index is 2.18. The van der Waals surface area contributed by atoms with E-state index in [1.165, 1.54) is 11.8 Å². The third kappa shape index (κ3) is 3.36. The van der Waals surface area contributed by atoms with E-state index in [1.807, 2.05) is 26.0 Å². The molecule has 0 aromatic heterocycles. The second kappa shape index (κ2) is 6.19. The summed E-state index contributed by atoms with van der Waals surface area (Å²) in [6.45, 7) is 6.16. The lowest BCUT2D eigenvalue weighted by molar-refractivity contribution is -0.117. The van der Waals surface area contributed by atoms with Gasteiger partial charge in [0.2, 0.25) is 5.91 Å². The van der Waals surface area contributed by atoms with Gasteiger partial charge in [-0.05, 0) is 37.0 Å². The molecule has 20 heavy (non-hydrogen) atoms. The number of carbonyl (C=O) groups excluding carboxylic acids is 2. The number of amides is 1. The highest BCUT2D eigenvalue weighted by atomic mass is 35.5. The van der Waals surface area contributed by atoms with Crippen LogP contribution in [0.4, 0.5) is 5.69 Å². The van der Waals surface area contributed by atoms with Gasteiger partial charge >= 0.3 is 0 Å². The molecular weight excluding hydrogens is 294 g/mol. The number of benzene rings is 1. The number of aryl methyl sites for hydroxylation is 2. The molecule has 1 aromatic carbocycles. The molecule has 1 unspecified atom stereocenters. The van der Waals surface area contributed by atoms with E-state index < -0.39 is 0 Å². The van der Waals surface area contributed by atoms with Gasteiger partial charge in [0.15, 0.2) is 5.12 Å². The molecule has 0 spiro atoms. The fourth-order valence-electron chi connectivity index (χ4n) is 2.59. The first-order valence-electron chi connectivity index (χ1n) is 6.59. The Morgan fingerprint density at radius 1 is 1.45 bits per heavy atom. The molecule has 0 radical (unpaired) electrons. The molecule has 0 N–H and O–H groups in total. The van der Waals surface area contributed by atoms with E-state index in [0.29, 0.717) is 23.7 Å². The zero-order chi connectivity index (χ0) is 14.9. The Bertz CT molecular complexity index is 536. The summed E-state index contributed by atoms with van der Waals surface area (Å²) in [7, 11) is 0. The van der Waals surface area contributed by atoms with Crippen molar-refractivity contribution in [1.29, 1.82) is 0 Å². The van der Waals surface area contributed by atoms with Crippen LogP contribution in [-0.2, 0) is 9.59 Å². The predicted molar refractivity (Wildman–Crippen MR) is 84.5 cm³/mol. The lowest BCUT2D eigenvalue weighted by atomic mass is 10.1. The van der Waals surface area contributed by atoms with Crippen LogP contribution in [-0.4, -0.2) is 23.3 Å². The van der Waals surface area contributed by atoms with Crippen LogP contribution in [0, 0.1) is 19.8 Å². The summed E-state index contributed by atoms with van der Waals surface area (Å²) in [5.74, 6) is 1.00. The van der Waals surface area contributed by atoms with Gasteiger partial charge in [0, 0.05) is 25.6 Å². The third-order valence-electron chi connectivity index (χ3n) is 3.40. The van der Waals surface area contributed by atoms with Crippen molar-refractivity contribution in [3.63, 3.8) is 0 Å². The summed E-state index contributed by atoms with van der Waals surface area (Å²) >= 11 is 7.59. The van der Waals surface area contributed by atoms with Crippen molar-refractivity contribution in [2.75, 3.05) is 17.2 Å². The first-order valence-corrected chi connectivity index (χ1v) is 7.95. The van der Waals surface area contributed by atoms with Gasteiger partial charge in [-0.15, -0.1) is 0 Å². The number of rotatable bonds is 3. The van der Waals surface area contributed by atoms with E-state index >= 15 is 0 Å². The number of hydrogen-bond donors (Lipinski definition) is 0. The van der Waals surface area contributed by atoms with Crippen molar-refractivity contribution in [3.05, 3.63) is 28.3 Å². The summed E-state index contributed by atoms with van der Waals surface area (Å²) < 4.78 is 0. The fraction of sp³-hybridized carbons (Fsp3) is 0.467. The largest absolute Gasteiger partial charge is 0.310 e. The van der Waals surface area contributed by atoms with Gasteiger partial charge in [-0.3, -0.25) is 9.59 Å². The fourth-order valence-corrected chi connectivity index (χ4v) is 3.71. The van der Waals surface area contributed by atoms with Crippen LogP contribution in [0.2, 0.25) is 5.02 Å². The predicted octanol–water partition coefficient (Wildman–Crippen LogP) is 3.59. The van der Waals surface area contributed by atoms with E-state index in [-0.39, 0.29) is 16.9 Å². The summed E-state index contributed by atoms with van der Waals surface area (Å²) in [6.07, 6.45) is 0.490. The molecule has 1 heterocycles. The molecule has 0 saturated carbocycles. The van der Waals surface area contributed by atoms with E-state index in [9.17, 15) is 9.59 Å². The molecule has 0 aliphatic carbocycles. The standard InChI is InChI=1S/C15H18ClNO2S/c1-9-4-10(2)15(13(16)5-9)17-7-12(6-14(17)19)8-20-11(3)18/h4-5,12H,6-8H2,1-3H3.